The molecule has 0 saturated carbocycles. The SMILES string of the molecule is CC(=O)C(O)C1CN=C2C(=C(O)N=CN2N)N1. The minimum absolute atomic E-state index is 0.189. The van der Waals surface area contributed by atoms with Crippen molar-refractivity contribution in [2.24, 2.45) is 15.8 Å². The van der Waals surface area contributed by atoms with Crippen LogP contribution in [0.2, 0.25) is 0 Å². The molecule has 0 bridgehead atoms. The van der Waals surface area contributed by atoms with Gasteiger partial charge in [0.2, 0.25) is 5.88 Å². The Bertz CT molecular complexity index is 442. The quantitative estimate of drug-likeness (QED) is 0.424. The summed E-state index contributed by atoms with van der Waals surface area (Å²) in [5.74, 6) is 5.25. The van der Waals surface area contributed by atoms with Gasteiger partial charge < -0.3 is 15.5 Å². The summed E-state index contributed by atoms with van der Waals surface area (Å²) in [6.45, 7) is 1.47. The Kier molecular flexibility index (Phi) is 2.82. The maximum absolute atomic E-state index is 11.1. The molecule has 0 amide bonds. The lowest BCUT2D eigenvalue weighted by Gasteiger charge is -2.32. The van der Waals surface area contributed by atoms with E-state index in [1.165, 1.54) is 13.3 Å². The molecule has 0 spiro atoms. The molecule has 17 heavy (non-hydrogen) atoms. The Morgan fingerprint density at radius 2 is 2.47 bits per heavy atom. The number of hydrazine groups is 1. The van der Waals surface area contributed by atoms with Crippen LogP contribution >= 0.6 is 0 Å². The fourth-order valence-corrected chi connectivity index (χ4v) is 1.63. The molecule has 2 atom stereocenters. The third-order valence-corrected chi connectivity index (χ3v) is 2.56. The van der Waals surface area contributed by atoms with Crippen molar-refractivity contribution in [3.8, 4) is 0 Å². The summed E-state index contributed by atoms with van der Waals surface area (Å²) in [7, 11) is 0. The van der Waals surface area contributed by atoms with Crippen molar-refractivity contribution < 1.29 is 15.0 Å². The van der Waals surface area contributed by atoms with Crippen molar-refractivity contribution >= 4 is 18.0 Å². The van der Waals surface area contributed by atoms with E-state index in [1.54, 1.807) is 0 Å². The first-order valence-electron chi connectivity index (χ1n) is 5.02. The number of carbonyl (C=O) groups excluding carboxylic acids is 1. The number of nitrogens with two attached hydrogens (primary N) is 1. The van der Waals surface area contributed by atoms with E-state index >= 15 is 0 Å². The smallest absolute Gasteiger partial charge is 0.240 e. The monoisotopic (exact) mass is 239 g/mol. The summed E-state index contributed by atoms with van der Waals surface area (Å²) in [5, 5.41) is 23.1. The lowest BCUT2D eigenvalue weighted by molar-refractivity contribution is -0.126. The van der Waals surface area contributed by atoms with Crippen LogP contribution in [0.1, 0.15) is 6.92 Å². The average Bonchev–Trinajstić information content (AvgIpc) is 2.32. The Morgan fingerprint density at radius 3 is 3.12 bits per heavy atom. The van der Waals surface area contributed by atoms with Gasteiger partial charge in [0.15, 0.2) is 11.6 Å². The minimum atomic E-state index is -1.18. The van der Waals surface area contributed by atoms with Crippen LogP contribution in [-0.4, -0.2) is 51.9 Å². The second-order valence-corrected chi connectivity index (χ2v) is 3.82. The van der Waals surface area contributed by atoms with E-state index in [0.717, 1.165) is 5.01 Å². The topological polar surface area (TPSA) is 124 Å². The number of aliphatic hydroxyl groups is 2. The second-order valence-electron chi connectivity index (χ2n) is 3.82. The zero-order chi connectivity index (χ0) is 12.6. The maximum atomic E-state index is 11.1. The molecule has 0 aliphatic carbocycles. The second kappa shape index (κ2) is 4.15. The highest BCUT2D eigenvalue weighted by Crippen LogP contribution is 2.15. The van der Waals surface area contributed by atoms with Crippen molar-refractivity contribution in [1.29, 1.82) is 0 Å². The van der Waals surface area contributed by atoms with Gasteiger partial charge in [-0.3, -0.25) is 9.79 Å². The van der Waals surface area contributed by atoms with Crippen LogP contribution in [0.5, 0.6) is 0 Å². The van der Waals surface area contributed by atoms with Crippen LogP contribution in [0.4, 0.5) is 0 Å². The van der Waals surface area contributed by atoms with Gasteiger partial charge in [-0.15, -0.1) is 0 Å². The van der Waals surface area contributed by atoms with Gasteiger partial charge in [-0.25, -0.2) is 15.8 Å². The molecule has 8 heteroatoms. The van der Waals surface area contributed by atoms with E-state index in [1.807, 2.05) is 0 Å². The van der Waals surface area contributed by atoms with E-state index < -0.39 is 12.1 Å². The third kappa shape index (κ3) is 1.99. The predicted octanol–water partition coefficient (Wildman–Crippen LogP) is -1.75. The normalized spacial score (nSPS) is 25.0. The summed E-state index contributed by atoms with van der Waals surface area (Å²) >= 11 is 0. The van der Waals surface area contributed by atoms with Crippen LogP contribution in [0.3, 0.4) is 0 Å². The van der Waals surface area contributed by atoms with E-state index in [4.69, 9.17) is 5.84 Å². The van der Waals surface area contributed by atoms with Crippen molar-refractivity contribution in [1.82, 2.24) is 10.3 Å². The number of aliphatic hydroxyl groups excluding tert-OH is 2. The maximum Gasteiger partial charge on any atom is 0.240 e. The van der Waals surface area contributed by atoms with Gasteiger partial charge in [0.1, 0.15) is 18.1 Å². The Morgan fingerprint density at radius 1 is 1.76 bits per heavy atom. The van der Waals surface area contributed by atoms with Gasteiger partial charge in [-0.2, -0.15) is 0 Å². The van der Waals surface area contributed by atoms with E-state index in [2.05, 4.69) is 15.3 Å². The summed E-state index contributed by atoms with van der Waals surface area (Å²) < 4.78 is 0. The predicted molar refractivity (Wildman–Crippen MR) is 60.1 cm³/mol. The molecule has 2 heterocycles. The van der Waals surface area contributed by atoms with Crippen molar-refractivity contribution in [3.05, 3.63) is 11.6 Å². The van der Waals surface area contributed by atoms with Crippen LogP contribution in [-0.2, 0) is 4.79 Å². The molecule has 2 rings (SSSR count). The summed E-state index contributed by atoms with van der Waals surface area (Å²) in [6, 6.07) is -0.588. The number of Topliss-reactive ketones (excluding diaryl/α,β-unsaturated/α-hetero) is 1. The number of nitrogens with zero attached hydrogens (tertiary/aromatic N) is 3. The molecule has 0 radical (unpaired) electrons. The summed E-state index contributed by atoms with van der Waals surface area (Å²) in [6.07, 6.45) is 0.0406. The lowest BCUT2D eigenvalue weighted by Crippen LogP contribution is -2.54. The van der Waals surface area contributed by atoms with Crippen molar-refractivity contribution in [3.63, 3.8) is 0 Å². The minimum Gasteiger partial charge on any atom is -0.492 e. The number of ketones is 1. The first-order valence-corrected chi connectivity index (χ1v) is 5.02. The highest BCUT2D eigenvalue weighted by atomic mass is 16.3. The standard InChI is InChI=1S/C9H13N5O3/c1-4(15)7(16)5-2-11-8-6(13-5)9(17)12-3-14(8)10/h3,5,7,13,16-17H,2,10H2,1H3. The molecule has 8 nitrogen and oxygen atoms in total. The first-order chi connectivity index (χ1) is 8.00. The molecule has 0 aromatic heterocycles. The zero-order valence-electron chi connectivity index (χ0n) is 9.16. The summed E-state index contributed by atoms with van der Waals surface area (Å²) in [5.41, 5.74) is 0.214. The molecule has 5 N–H and O–H groups in total. The van der Waals surface area contributed by atoms with Crippen LogP contribution in [0.15, 0.2) is 21.6 Å². The Labute approximate surface area is 97.1 Å². The fourth-order valence-electron chi connectivity index (χ4n) is 1.63. The highest BCUT2D eigenvalue weighted by molar-refractivity contribution is 6.05. The van der Waals surface area contributed by atoms with E-state index in [-0.39, 0.29) is 23.9 Å². The molecule has 0 aromatic rings. The molecule has 2 unspecified atom stereocenters. The van der Waals surface area contributed by atoms with Crippen molar-refractivity contribution in [2.45, 2.75) is 19.1 Å². The van der Waals surface area contributed by atoms with Gasteiger partial charge in [-0.05, 0) is 6.92 Å². The number of amidine groups is 1. The molecular weight excluding hydrogens is 226 g/mol. The molecular formula is C9H13N5O3. The number of rotatable bonds is 2. The Hall–Kier alpha value is -1.93. The van der Waals surface area contributed by atoms with E-state index in [0.29, 0.717) is 5.84 Å². The largest absolute Gasteiger partial charge is 0.492 e. The third-order valence-electron chi connectivity index (χ3n) is 2.56. The number of fused-ring (bicyclic) bond motifs is 1. The van der Waals surface area contributed by atoms with Crippen molar-refractivity contribution in [2.75, 3.05) is 6.54 Å². The molecule has 0 aromatic carbocycles. The fraction of sp³-hybridized carbons (Fsp3) is 0.444. The number of carbonyl (C=O) groups is 1. The first kappa shape index (κ1) is 11.6. The van der Waals surface area contributed by atoms with Crippen LogP contribution < -0.4 is 11.2 Å². The van der Waals surface area contributed by atoms with Gasteiger partial charge in [0.25, 0.3) is 0 Å². The Balaban J connectivity index is 2.27. The number of aliphatic imine (C=N–C) groups is 2. The van der Waals surface area contributed by atoms with Crippen LogP contribution in [0.25, 0.3) is 0 Å². The van der Waals surface area contributed by atoms with Gasteiger partial charge in [-0.1, -0.05) is 0 Å². The average molecular weight is 239 g/mol. The molecule has 2 aliphatic heterocycles. The molecule has 0 saturated heterocycles. The highest BCUT2D eigenvalue weighted by Gasteiger charge is 2.32. The van der Waals surface area contributed by atoms with Gasteiger partial charge >= 0.3 is 0 Å². The number of hydrogen-bond donors (Lipinski definition) is 4. The zero-order valence-corrected chi connectivity index (χ0v) is 9.16. The van der Waals surface area contributed by atoms with Gasteiger partial charge in [0, 0.05) is 0 Å². The molecule has 92 valence electrons. The number of nitrogens with one attached hydrogen (secondary N) is 1. The van der Waals surface area contributed by atoms with E-state index in [9.17, 15) is 15.0 Å². The number of hydrogen-bond acceptors (Lipinski definition) is 8. The van der Waals surface area contributed by atoms with Gasteiger partial charge in [0.05, 0.1) is 12.6 Å². The van der Waals surface area contributed by atoms with Crippen LogP contribution in [0, 0.1) is 0 Å². The summed E-state index contributed by atoms with van der Waals surface area (Å²) in [4.78, 5) is 18.8. The lowest BCUT2D eigenvalue weighted by atomic mass is 10.1. The molecule has 2 aliphatic rings. The molecule has 0 fully saturated rings.